The van der Waals surface area contributed by atoms with Crippen LogP contribution in [0, 0.1) is 25.2 Å². The number of benzene rings is 1. The van der Waals surface area contributed by atoms with Crippen LogP contribution >= 0.6 is 0 Å². The first-order chi connectivity index (χ1) is 9.49. The zero-order valence-corrected chi connectivity index (χ0v) is 12.3. The van der Waals surface area contributed by atoms with Crippen molar-refractivity contribution in [2.24, 2.45) is 0 Å². The van der Waals surface area contributed by atoms with Crippen LogP contribution in [0.15, 0.2) is 30.3 Å². The summed E-state index contributed by atoms with van der Waals surface area (Å²) < 4.78 is 5.91. The van der Waals surface area contributed by atoms with Gasteiger partial charge in [0.15, 0.2) is 0 Å². The Hall–Kier alpha value is -2.34. The molecular formula is C17H18N2O. The second kappa shape index (κ2) is 5.75. The predicted molar refractivity (Wildman–Crippen MR) is 79.0 cm³/mol. The van der Waals surface area contributed by atoms with Gasteiger partial charge >= 0.3 is 0 Å². The second-order valence-electron chi connectivity index (χ2n) is 5.25. The molecule has 0 spiro atoms. The molecule has 0 atom stereocenters. The lowest BCUT2D eigenvalue weighted by Gasteiger charge is -2.14. The van der Waals surface area contributed by atoms with Crippen molar-refractivity contribution in [1.29, 1.82) is 5.26 Å². The second-order valence-corrected chi connectivity index (χ2v) is 5.25. The predicted octanol–water partition coefficient (Wildman–Crippen LogP) is 4.49. The average Bonchev–Trinajstić information content (AvgIpc) is 2.37. The molecule has 102 valence electrons. The minimum atomic E-state index is 0.367. The maximum absolute atomic E-state index is 9.01. The van der Waals surface area contributed by atoms with Crippen molar-refractivity contribution in [3.05, 3.63) is 52.7 Å². The Balaban J connectivity index is 2.42. The summed E-state index contributed by atoms with van der Waals surface area (Å²) in [5, 5.41) is 9.01. The van der Waals surface area contributed by atoms with Gasteiger partial charge in [-0.3, -0.25) is 0 Å². The van der Waals surface area contributed by atoms with Gasteiger partial charge in [0.2, 0.25) is 5.88 Å². The number of aromatic nitrogens is 1. The van der Waals surface area contributed by atoms with Gasteiger partial charge in [-0.1, -0.05) is 26.0 Å². The van der Waals surface area contributed by atoms with Gasteiger partial charge in [0.05, 0.1) is 11.6 Å². The van der Waals surface area contributed by atoms with Crippen LogP contribution in [-0.2, 0) is 0 Å². The molecule has 0 aliphatic rings. The van der Waals surface area contributed by atoms with E-state index < -0.39 is 0 Å². The summed E-state index contributed by atoms with van der Waals surface area (Å²) in [5.41, 5.74) is 3.61. The molecule has 0 saturated carbocycles. The lowest BCUT2D eigenvalue weighted by Crippen LogP contribution is -1.97. The van der Waals surface area contributed by atoms with Gasteiger partial charge in [-0.05, 0) is 43.0 Å². The van der Waals surface area contributed by atoms with Crippen LogP contribution in [0.5, 0.6) is 11.6 Å². The van der Waals surface area contributed by atoms with Crippen LogP contribution in [0.2, 0.25) is 0 Å². The maximum atomic E-state index is 9.01. The Morgan fingerprint density at radius 1 is 1.15 bits per heavy atom. The molecule has 0 radical (unpaired) electrons. The summed E-state index contributed by atoms with van der Waals surface area (Å²) in [4.78, 5) is 4.33. The van der Waals surface area contributed by atoms with Crippen LogP contribution in [0.1, 0.15) is 42.1 Å². The van der Waals surface area contributed by atoms with Gasteiger partial charge in [-0.15, -0.1) is 0 Å². The highest BCUT2D eigenvalue weighted by atomic mass is 16.5. The van der Waals surface area contributed by atoms with Gasteiger partial charge < -0.3 is 4.74 Å². The molecule has 1 heterocycles. The molecule has 0 unspecified atom stereocenters. The number of nitrogens with zero attached hydrogens (tertiary/aromatic N) is 2. The highest BCUT2D eigenvalue weighted by Gasteiger charge is 2.10. The summed E-state index contributed by atoms with van der Waals surface area (Å²) in [6, 6.07) is 11.7. The normalized spacial score (nSPS) is 10.4. The number of hydrogen-bond acceptors (Lipinski definition) is 3. The highest BCUT2D eigenvalue weighted by molar-refractivity contribution is 5.42. The topological polar surface area (TPSA) is 45.9 Å². The zero-order valence-electron chi connectivity index (χ0n) is 12.3. The fourth-order valence-electron chi connectivity index (χ4n) is 2.07. The van der Waals surface area contributed by atoms with Crippen molar-refractivity contribution in [1.82, 2.24) is 4.98 Å². The number of nitriles is 1. The molecular weight excluding hydrogens is 248 g/mol. The van der Waals surface area contributed by atoms with Gasteiger partial charge in [0, 0.05) is 11.8 Å². The number of hydrogen-bond donors (Lipinski definition) is 0. The number of pyridine rings is 1. The van der Waals surface area contributed by atoms with Gasteiger partial charge in [-0.2, -0.15) is 5.26 Å². The third-order valence-electron chi connectivity index (χ3n) is 3.06. The standard InChI is InChI=1S/C17H18N2O/c1-11(2)15-6-5-12(3)7-16(15)20-17-9-14(10-18)8-13(4)19-17/h5-9,11H,1-4H3. The molecule has 3 heteroatoms. The van der Waals surface area contributed by atoms with E-state index in [1.54, 1.807) is 12.1 Å². The first-order valence-electron chi connectivity index (χ1n) is 6.67. The molecule has 2 rings (SSSR count). The van der Waals surface area contributed by atoms with Gasteiger partial charge in [0.1, 0.15) is 5.75 Å². The van der Waals surface area contributed by atoms with E-state index in [4.69, 9.17) is 10.00 Å². The molecule has 1 aromatic carbocycles. The van der Waals surface area contributed by atoms with Crippen molar-refractivity contribution in [2.75, 3.05) is 0 Å². The minimum Gasteiger partial charge on any atom is -0.439 e. The summed E-state index contributed by atoms with van der Waals surface area (Å²) in [7, 11) is 0. The number of ether oxygens (including phenoxy) is 1. The van der Waals surface area contributed by atoms with E-state index in [0.717, 1.165) is 22.6 Å². The molecule has 0 bridgehead atoms. The summed E-state index contributed by atoms with van der Waals surface area (Å²) in [5.74, 6) is 1.64. The van der Waals surface area contributed by atoms with E-state index in [9.17, 15) is 0 Å². The molecule has 0 aliphatic carbocycles. The monoisotopic (exact) mass is 266 g/mol. The van der Waals surface area contributed by atoms with E-state index >= 15 is 0 Å². The summed E-state index contributed by atoms with van der Waals surface area (Å²) in [6.07, 6.45) is 0. The van der Waals surface area contributed by atoms with Crippen molar-refractivity contribution in [3.63, 3.8) is 0 Å². The van der Waals surface area contributed by atoms with Crippen LogP contribution in [0.25, 0.3) is 0 Å². The SMILES string of the molecule is Cc1ccc(C(C)C)c(Oc2cc(C#N)cc(C)n2)c1. The Labute approximate surface area is 119 Å². The maximum Gasteiger partial charge on any atom is 0.220 e. The Morgan fingerprint density at radius 3 is 2.55 bits per heavy atom. The molecule has 0 N–H and O–H groups in total. The minimum absolute atomic E-state index is 0.367. The fraction of sp³-hybridized carbons (Fsp3) is 0.294. The van der Waals surface area contributed by atoms with E-state index in [1.165, 1.54) is 0 Å². The highest BCUT2D eigenvalue weighted by Crippen LogP contribution is 2.31. The average molecular weight is 266 g/mol. The number of aryl methyl sites for hydroxylation is 2. The first kappa shape index (κ1) is 14.1. The van der Waals surface area contributed by atoms with Crippen molar-refractivity contribution < 1.29 is 4.74 Å². The Kier molecular flexibility index (Phi) is 4.05. The van der Waals surface area contributed by atoms with Crippen molar-refractivity contribution in [2.45, 2.75) is 33.6 Å². The van der Waals surface area contributed by atoms with Crippen LogP contribution in [0.3, 0.4) is 0 Å². The van der Waals surface area contributed by atoms with Gasteiger partial charge in [0.25, 0.3) is 0 Å². The molecule has 0 amide bonds. The molecule has 0 aliphatic heterocycles. The summed E-state index contributed by atoms with van der Waals surface area (Å²) >= 11 is 0. The molecule has 0 fully saturated rings. The lowest BCUT2D eigenvalue weighted by molar-refractivity contribution is 0.452. The first-order valence-corrected chi connectivity index (χ1v) is 6.67. The van der Waals surface area contributed by atoms with E-state index in [-0.39, 0.29) is 0 Å². The third-order valence-corrected chi connectivity index (χ3v) is 3.06. The molecule has 2 aromatic rings. The van der Waals surface area contributed by atoms with Crippen molar-refractivity contribution in [3.8, 4) is 17.7 Å². The Bertz CT molecular complexity index is 669. The summed E-state index contributed by atoms with van der Waals surface area (Å²) in [6.45, 7) is 8.14. The smallest absolute Gasteiger partial charge is 0.220 e. The quantitative estimate of drug-likeness (QED) is 0.822. The van der Waals surface area contributed by atoms with Crippen LogP contribution < -0.4 is 4.74 Å². The zero-order chi connectivity index (χ0) is 14.7. The molecule has 1 aromatic heterocycles. The van der Waals surface area contributed by atoms with E-state index in [0.29, 0.717) is 17.4 Å². The van der Waals surface area contributed by atoms with E-state index in [2.05, 4.69) is 37.0 Å². The molecule has 20 heavy (non-hydrogen) atoms. The lowest BCUT2D eigenvalue weighted by atomic mass is 10.0. The van der Waals surface area contributed by atoms with Crippen molar-refractivity contribution >= 4 is 0 Å². The van der Waals surface area contributed by atoms with Crippen LogP contribution in [0.4, 0.5) is 0 Å². The fourth-order valence-corrected chi connectivity index (χ4v) is 2.07. The van der Waals surface area contributed by atoms with Gasteiger partial charge in [-0.25, -0.2) is 4.98 Å². The largest absolute Gasteiger partial charge is 0.439 e. The molecule has 0 saturated heterocycles. The Morgan fingerprint density at radius 2 is 1.90 bits per heavy atom. The number of rotatable bonds is 3. The molecule has 3 nitrogen and oxygen atoms in total. The third kappa shape index (κ3) is 3.16. The van der Waals surface area contributed by atoms with Crippen LogP contribution in [-0.4, -0.2) is 4.98 Å². The van der Waals surface area contributed by atoms with E-state index in [1.807, 2.05) is 19.9 Å².